The lowest BCUT2D eigenvalue weighted by Gasteiger charge is -2.14. The lowest BCUT2D eigenvalue weighted by Crippen LogP contribution is -2.36. The van der Waals surface area contributed by atoms with Gasteiger partial charge in [-0.15, -0.1) is 0 Å². The van der Waals surface area contributed by atoms with E-state index in [0.29, 0.717) is 16.8 Å². The molecule has 0 aromatic heterocycles. The van der Waals surface area contributed by atoms with E-state index >= 15 is 0 Å². The van der Waals surface area contributed by atoms with Gasteiger partial charge in [0, 0.05) is 12.1 Å². The predicted molar refractivity (Wildman–Crippen MR) is 76.0 cm³/mol. The second-order valence-electron chi connectivity index (χ2n) is 4.50. The van der Waals surface area contributed by atoms with E-state index < -0.39 is 23.9 Å². The highest BCUT2D eigenvalue weighted by Crippen LogP contribution is 2.20. The van der Waals surface area contributed by atoms with Crippen LogP contribution < -0.4 is 11.1 Å². The van der Waals surface area contributed by atoms with Gasteiger partial charge in [-0.3, -0.25) is 9.59 Å². The normalized spacial score (nSPS) is 11.6. The first kappa shape index (κ1) is 16.6. The molecule has 0 aliphatic heterocycles. The van der Waals surface area contributed by atoms with Crippen LogP contribution in [0.15, 0.2) is 18.2 Å². The number of esters is 1. The number of hydrogen-bond donors (Lipinski definition) is 3. The zero-order valence-corrected chi connectivity index (χ0v) is 11.9. The summed E-state index contributed by atoms with van der Waals surface area (Å²) in [6.07, 6.45) is -0.146. The molecule has 4 N–H and O–H groups in total. The van der Waals surface area contributed by atoms with Gasteiger partial charge in [0.15, 0.2) is 0 Å². The van der Waals surface area contributed by atoms with Crippen molar-refractivity contribution in [3.05, 3.63) is 29.3 Å². The monoisotopic (exact) mass is 294 g/mol. The van der Waals surface area contributed by atoms with Crippen LogP contribution in [-0.4, -0.2) is 36.1 Å². The Balaban J connectivity index is 2.81. The number of carbonyl (C=O) groups is 3. The van der Waals surface area contributed by atoms with Crippen molar-refractivity contribution in [1.82, 2.24) is 0 Å². The molecule has 1 amide bonds. The van der Waals surface area contributed by atoms with Crippen molar-refractivity contribution in [3.8, 4) is 0 Å². The Morgan fingerprint density at radius 3 is 2.62 bits per heavy atom. The van der Waals surface area contributed by atoms with Crippen LogP contribution in [0.25, 0.3) is 0 Å². The fourth-order valence-corrected chi connectivity index (χ4v) is 1.74. The number of benzene rings is 1. The molecule has 7 heteroatoms. The Morgan fingerprint density at radius 1 is 1.38 bits per heavy atom. The molecule has 21 heavy (non-hydrogen) atoms. The van der Waals surface area contributed by atoms with Crippen LogP contribution in [0.3, 0.4) is 0 Å². The first-order valence-electron chi connectivity index (χ1n) is 6.33. The van der Waals surface area contributed by atoms with Crippen LogP contribution in [0, 0.1) is 6.92 Å². The molecule has 1 aromatic rings. The maximum absolute atomic E-state index is 11.9. The topological polar surface area (TPSA) is 119 Å². The fraction of sp³-hybridized carbons (Fsp3) is 0.357. The molecule has 0 saturated heterocycles. The summed E-state index contributed by atoms with van der Waals surface area (Å²) >= 11 is 0. The second-order valence-corrected chi connectivity index (χ2v) is 4.50. The van der Waals surface area contributed by atoms with Crippen LogP contribution >= 0.6 is 0 Å². The van der Waals surface area contributed by atoms with Gasteiger partial charge in [0.05, 0.1) is 18.7 Å². The standard InChI is InChI=1S/C14H18N2O5/c1-8-9(14(20)21-2)4-3-5-11(8)16-13(19)10(15)6-7-12(17)18/h3-5,10H,6-7,15H2,1-2H3,(H,16,19)(H,17,18). The molecular formula is C14H18N2O5. The molecule has 1 aromatic carbocycles. The van der Waals surface area contributed by atoms with E-state index in [1.807, 2.05) is 0 Å². The molecule has 0 fully saturated rings. The van der Waals surface area contributed by atoms with Gasteiger partial charge in [0.2, 0.25) is 5.91 Å². The molecule has 0 spiro atoms. The number of nitrogens with one attached hydrogen (secondary N) is 1. The molecule has 0 aliphatic rings. The Bertz CT molecular complexity index is 556. The zero-order valence-electron chi connectivity index (χ0n) is 11.9. The first-order valence-corrected chi connectivity index (χ1v) is 6.33. The van der Waals surface area contributed by atoms with Crippen molar-refractivity contribution in [3.63, 3.8) is 0 Å². The quantitative estimate of drug-likeness (QED) is 0.671. The lowest BCUT2D eigenvalue weighted by molar-refractivity contribution is -0.137. The largest absolute Gasteiger partial charge is 0.481 e. The van der Waals surface area contributed by atoms with Gasteiger partial charge in [-0.1, -0.05) is 6.07 Å². The SMILES string of the molecule is COC(=O)c1cccc(NC(=O)C(N)CCC(=O)O)c1C. The average molecular weight is 294 g/mol. The van der Waals surface area contributed by atoms with Crippen LogP contribution in [0.5, 0.6) is 0 Å². The van der Waals surface area contributed by atoms with Crippen LogP contribution in [-0.2, 0) is 14.3 Å². The average Bonchev–Trinajstić information content (AvgIpc) is 2.45. The molecule has 1 unspecified atom stereocenters. The number of hydrogen-bond acceptors (Lipinski definition) is 5. The van der Waals surface area contributed by atoms with Gasteiger partial charge in [-0.25, -0.2) is 4.79 Å². The molecule has 1 atom stereocenters. The fourth-order valence-electron chi connectivity index (χ4n) is 1.74. The van der Waals surface area contributed by atoms with E-state index in [-0.39, 0.29) is 12.8 Å². The van der Waals surface area contributed by atoms with Crippen molar-refractivity contribution >= 4 is 23.5 Å². The Hall–Kier alpha value is -2.41. The van der Waals surface area contributed by atoms with E-state index in [4.69, 9.17) is 10.8 Å². The van der Waals surface area contributed by atoms with Crippen LogP contribution in [0.4, 0.5) is 5.69 Å². The number of ether oxygens (including phenoxy) is 1. The maximum Gasteiger partial charge on any atom is 0.338 e. The van der Waals surface area contributed by atoms with Crippen molar-refractivity contribution in [2.75, 3.05) is 12.4 Å². The van der Waals surface area contributed by atoms with E-state index in [1.54, 1.807) is 25.1 Å². The number of aliphatic carboxylic acids is 1. The van der Waals surface area contributed by atoms with Crippen molar-refractivity contribution in [2.24, 2.45) is 5.73 Å². The summed E-state index contributed by atoms with van der Waals surface area (Å²) < 4.78 is 4.65. The highest BCUT2D eigenvalue weighted by molar-refractivity contribution is 5.98. The summed E-state index contributed by atoms with van der Waals surface area (Å²) in [5.74, 6) is -2.01. The van der Waals surface area contributed by atoms with E-state index in [2.05, 4.69) is 10.1 Å². The molecular weight excluding hydrogens is 276 g/mol. The summed E-state index contributed by atoms with van der Waals surface area (Å²) in [4.78, 5) is 33.9. The Kier molecular flexibility index (Phi) is 5.86. The number of carboxylic acid groups (broad SMARTS) is 1. The number of anilines is 1. The van der Waals surface area contributed by atoms with E-state index in [0.717, 1.165) is 0 Å². The summed E-state index contributed by atoms with van der Waals surface area (Å²) in [6, 6.07) is 3.89. The molecule has 0 saturated carbocycles. The zero-order chi connectivity index (χ0) is 16.0. The minimum atomic E-state index is -1.01. The number of rotatable bonds is 6. The number of carboxylic acids is 1. The summed E-state index contributed by atoms with van der Waals surface area (Å²) in [7, 11) is 1.27. The van der Waals surface area contributed by atoms with Gasteiger partial charge in [-0.2, -0.15) is 0 Å². The maximum atomic E-state index is 11.9. The predicted octanol–water partition coefficient (Wildman–Crippen LogP) is 0.912. The van der Waals surface area contributed by atoms with Gasteiger partial charge >= 0.3 is 11.9 Å². The lowest BCUT2D eigenvalue weighted by atomic mass is 10.1. The van der Waals surface area contributed by atoms with E-state index in [1.165, 1.54) is 7.11 Å². The van der Waals surface area contributed by atoms with Gasteiger partial charge in [0.1, 0.15) is 0 Å². The minimum Gasteiger partial charge on any atom is -0.481 e. The highest BCUT2D eigenvalue weighted by atomic mass is 16.5. The molecule has 0 aliphatic carbocycles. The van der Waals surface area contributed by atoms with Gasteiger partial charge < -0.3 is 20.9 Å². The Morgan fingerprint density at radius 2 is 2.05 bits per heavy atom. The molecule has 0 bridgehead atoms. The van der Waals surface area contributed by atoms with Crippen molar-refractivity contribution < 1.29 is 24.2 Å². The summed E-state index contributed by atoms with van der Waals surface area (Å²) in [5.41, 5.74) is 6.96. The third kappa shape index (κ3) is 4.57. The summed E-state index contributed by atoms with van der Waals surface area (Å²) in [5, 5.41) is 11.2. The van der Waals surface area contributed by atoms with Gasteiger partial charge in [0.25, 0.3) is 0 Å². The Labute approximate surface area is 122 Å². The minimum absolute atomic E-state index is 0.0386. The van der Waals surface area contributed by atoms with Gasteiger partial charge in [-0.05, 0) is 31.0 Å². The third-order valence-electron chi connectivity index (χ3n) is 3.00. The van der Waals surface area contributed by atoms with Crippen LogP contribution in [0.1, 0.15) is 28.8 Å². The number of methoxy groups -OCH3 is 1. The second kappa shape index (κ2) is 7.39. The smallest absolute Gasteiger partial charge is 0.338 e. The number of carbonyl (C=O) groups excluding carboxylic acids is 2. The summed E-state index contributed by atoms with van der Waals surface area (Å²) in [6.45, 7) is 1.67. The van der Waals surface area contributed by atoms with Crippen LogP contribution in [0.2, 0.25) is 0 Å². The first-order chi connectivity index (χ1) is 9.86. The van der Waals surface area contributed by atoms with Crippen molar-refractivity contribution in [1.29, 1.82) is 0 Å². The molecule has 0 radical (unpaired) electrons. The highest BCUT2D eigenvalue weighted by Gasteiger charge is 2.18. The van der Waals surface area contributed by atoms with Crippen molar-refractivity contribution in [2.45, 2.75) is 25.8 Å². The molecule has 114 valence electrons. The molecule has 7 nitrogen and oxygen atoms in total. The third-order valence-corrected chi connectivity index (χ3v) is 3.00. The number of nitrogens with two attached hydrogens (primary N) is 1. The molecule has 0 heterocycles. The molecule has 1 rings (SSSR count). The van der Waals surface area contributed by atoms with E-state index in [9.17, 15) is 14.4 Å². The number of amides is 1.